The van der Waals surface area contributed by atoms with Crippen molar-refractivity contribution in [2.24, 2.45) is 0 Å². The summed E-state index contributed by atoms with van der Waals surface area (Å²) in [6.07, 6.45) is 0. The van der Waals surface area contributed by atoms with Gasteiger partial charge in [-0.2, -0.15) is 0 Å². The number of rotatable bonds is 10. The number of thioether (sulfide) groups is 1. The van der Waals surface area contributed by atoms with Crippen LogP contribution in [-0.2, 0) is 25.6 Å². The standard InChI is InChI=1S/C23H25N5O6S2/c1-4-28-20(16-7-6-10-35-16)26-27-23(28)36-12-17(29)33-11-14-18(21(30)32-5-2)19(25-22(31)24-14)15-9-8-13(3)34-15/h6-10,19H,4-5,11-12H2,1-3H3,(H2,24,25,31)/t19-/m0/s1. The van der Waals surface area contributed by atoms with Crippen LogP contribution in [0, 0.1) is 6.92 Å². The number of urea groups is 1. The number of carbonyl (C=O) groups is 3. The first-order chi connectivity index (χ1) is 17.4. The third-order valence-corrected chi connectivity index (χ3v) is 6.97. The molecule has 0 bridgehead atoms. The molecule has 190 valence electrons. The number of furan rings is 1. The molecule has 2 amide bonds. The highest BCUT2D eigenvalue weighted by Crippen LogP contribution is 2.30. The molecule has 13 heteroatoms. The quantitative estimate of drug-likeness (QED) is 0.298. The Kier molecular flexibility index (Phi) is 8.10. The van der Waals surface area contributed by atoms with E-state index >= 15 is 0 Å². The van der Waals surface area contributed by atoms with E-state index in [1.165, 1.54) is 11.8 Å². The number of aryl methyl sites for hydroxylation is 1. The molecule has 0 radical (unpaired) electrons. The number of nitrogens with zero attached hydrogens (tertiary/aromatic N) is 3. The van der Waals surface area contributed by atoms with Crippen LogP contribution in [0.3, 0.4) is 0 Å². The molecule has 0 fully saturated rings. The lowest BCUT2D eigenvalue weighted by Gasteiger charge is -2.27. The van der Waals surface area contributed by atoms with Crippen LogP contribution >= 0.6 is 23.1 Å². The number of carbonyl (C=O) groups excluding carboxylic acids is 3. The van der Waals surface area contributed by atoms with E-state index in [-0.39, 0.29) is 30.2 Å². The maximum Gasteiger partial charge on any atom is 0.338 e. The van der Waals surface area contributed by atoms with Crippen molar-refractivity contribution in [3.05, 3.63) is 52.4 Å². The van der Waals surface area contributed by atoms with Crippen molar-refractivity contribution < 1.29 is 28.3 Å². The molecule has 0 unspecified atom stereocenters. The second kappa shape index (κ2) is 11.4. The SMILES string of the molecule is CCOC(=O)C1=C(COC(=O)CSc2nnc(-c3cccs3)n2CC)NC(=O)N[C@H]1c1ccc(C)o1. The Balaban J connectivity index is 1.46. The molecule has 0 saturated heterocycles. The zero-order chi connectivity index (χ0) is 25.7. The first kappa shape index (κ1) is 25.5. The van der Waals surface area contributed by atoms with Crippen LogP contribution in [0.15, 0.2) is 50.5 Å². The minimum absolute atomic E-state index is 0.0302. The number of ether oxygens (including phenoxy) is 2. The number of nitrogens with one attached hydrogen (secondary N) is 2. The molecular weight excluding hydrogens is 506 g/mol. The monoisotopic (exact) mass is 531 g/mol. The van der Waals surface area contributed by atoms with Crippen molar-refractivity contribution in [1.82, 2.24) is 25.4 Å². The molecule has 36 heavy (non-hydrogen) atoms. The molecule has 1 aliphatic heterocycles. The Bertz CT molecular complexity index is 1280. The highest BCUT2D eigenvalue weighted by molar-refractivity contribution is 7.99. The van der Waals surface area contributed by atoms with E-state index in [0.29, 0.717) is 23.2 Å². The molecule has 3 aromatic heterocycles. The number of aromatic nitrogens is 3. The van der Waals surface area contributed by atoms with E-state index in [1.54, 1.807) is 37.3 Å². The van der Waals surface area contributed by atoms with Crippen molar-refractivity contribution in [3.63, 3.8) is 0 Å². The predicted octanol–water partition coefficient (Wildman–Crippen LogP) is 3.43. The fourth-order valence-corrected chi connectivity index (χ4v) is 5.11. The Hall–Kier alpha value is -3.58. The fraction of sp³-hybridized carbons (Fsp3) is 0.348. The first-order valence-corrected chi connectivity index (χ1v) is 13.1. The van der Waals surface area contributed by atoms with Crippen LogP contribution < -0.4 is 10.6 Å². The summed E-state index contributed by atoms with van der Waals surface area (Å²) in [5.41, 5.74) is 0.240. The summed E-state index contributed by atoms with van der Waals surface area (Å²) in [6.45, 7) is 5.86. The van der Waals surface area contributed by atoms with Gasteiger partial charge < -0.3 is 29.1 Å². The number of hydrogen-bond donors (Lipinski definition) is 2. The maximum absolute atomic E-state index is 12.8. The molecule has 0 spiro atoms. The zero-order valence-corrected chi connectivity index (χ0v) is 21.5. The fourth-order valence-electron chi connectivity index (χ4n) is 3.59. The molecule has 4 rings (SSSR count). The van der Waals surface area contributed by atoms with Gasteiger partial charge in [0.1, 0.15) is 24.2 Å². The van der Waals surface area contributed by atoms with Crippen LogP contribution in [0.25, 0.3) is 10.7 Å². The van der Waals surface area contributed by atoms with Gasteiger partial charge in [0.05, 0.1) is 28.5 Å². The lowest BCUT2D eigenvalue weighted by molar-refractivity contribution is -0.141. The largest absolute Gasteiger partial charge is 0.464 e. The minimum atomic E-state index is -0.881. The topological polar surface area (TPSA) is 138 Å². The smallest absolute Gasteiger partial charge is 0.338 e. The lowest BCUT2D eigenvalue weighted by Crippen LogP contribution is -2.47. The lowest BCUT2D eigenvalue weighted by atomic mass is 10.0. The van der Waals surface area contributed by atoms with E-state index in [1.807, 2.05) is 29.0 Å². The summed E-state index contributed by atoms with van der Waals surface area (Å²) in [7, 11) is 0. The van der Waals surface area contributed by atoms with Gasteiger partial charge >= 0.3 is 18.0 Å². The number of amides is 2. The highest BCUT2D eigenvalue weighted by Gasteiger charge is 2.36. The van der Waals surface area contributed by atoms with Crippen molar-refractivity contribution in [1.29, 1.82) is 0 Å². The maximum atomic E-state index is 12.8. The summed E-state index contributed by atoms with van der Waals surface area (Å²) < 4.78 is 18.1. The number of esters is 2. The van der Waals surface area contributed by atoms with Crippen molar-refractivity contribution in [3.8, 4) is 10.7 Å². The van der Waals surface area contributed by atoms with Crippen LogP contribution in [0.1, 0.15) is 31.4 Å². The molecular formula is C23H25N5O6S2. The Morgan fingerprint density at radius 1 is 1.22 bits per heavy atom. The molecule has 1 aliphatic rings. The van der Waals surface area contributed by atoms with Gasteiger partial charge in [-0.25, -0.2) is 9.59 Å². The highest BCUT2D eigenvalue weighted by atomic mass is 32.2. The van der Waals surface area contributed by atoms with Crippen molar-refractivity contribution in [2.45, 2.75) is 38.5 Å². The van der Waals surface area contributed by atoms with Crippen molar-refractivity contribution in [2.75, 3.05) is 19.0 Å². The van der Waals surface area contributed by atoms with E-state index in [4.69, 9.17) is 13.9 Å². The summed E-state index contributed by atoms with van der Waals surface area (Å²) in [4.78, 5) is 38.6. The minimum Gasteiger partial charge on any atom is -0.464 e. The van der Waals surface area contributed by atoms with Crippen LogP contribution in [0.5, 0.6) is 0 Å². The Morgan fingerprint density at radius 3 is 2.72 bits per heavy atom. The van der Waals surface area contributed by atoms with E-state index < -0.39 is 24.0 Å². The average molecular weight is 532 g/mol. The second-order valence-corrected chi connectivity index (χ2v) is 9.46. The summed E-state index contributed by atoms with van der Waals surface area (Å²) in [6, 6.07) is 5.85. The molecule has 1 atom stereocenters. The predicted molar refractivity (Wildman–Crippen MR) is 132 cm³/mol. The first-order valence-electron chi connectivity index (χ1n) is 11.2. The Morgan fingerprint density at radius 2 is 2.06 bits per heavy atom. The van der Waals surface area contributed by atoms with Gasteiger partial charge in [0, 0.05) is 6.54 Å². The number of thiophene rings is 1. The second-order valence-electron chi connectivity index (χ2n) is 7.57. The zero-order valence-electron chi connectivity index (χ0n) is 19.9. The summed E-state index contributed by atoms with van der Waals surface area (Å²) in [5, 5.41) is 16.2. The van der Waals surface area contributed by atoms with Gasteiger partial charge in [-0.3, -0.25) is 4.79 Å². The molecule has 3 aromatic rings. The van der Waals surface area contributed by atoms with Gasteiger partial charge in [0.2, 0.25) is 0 Å². The Labute approximate surface area is 215 Å². The van der Waals surface area contributed by atoms with E-state index in [2.05, 4.69) is 20.8 Å². The van der Waals surface area contributed by atoms with E-state index in [9.17, 15) is 14.4 Å². The third-order valence-electron chi connectivity index (χ3n) is 5.17. The summed E-state index contributed by atoms with van der Waals surface area (Å²) >= 11 is 2.76. The molecule has 0 aromatic carbocycles. The van der Waals surface area contributed by atoms with Crippen LogP contribution in [0.4, 0.5) is 4.79 Å². The molecule has 0 saturated carbocycles. The van der Waals surface area contributed by atoms with Gasteiger partial charge in [0.25, 0.3) is 0 Å². The third kappa shape index (κ3) is 5.62. The van der Waals surface area contributed by atoms with Gasteiger partial charge in [-0.1, -0.05) is 17.8 Å². The average Bonchev–Trinajstić information content (AvgIpc) is 3.61. The van der Waals surface area contributed by atoms with Crippen molar-refractivity contribution >= 4 is 41.1 Å². The number of hydrogen-bond acceptors (Lipinski definition) is 10. The van der Waals surface area contributed by atoms with Gasteiger partial charge in [-0.05, 0) is 44.4 Å². The molecule has 11 nitrogen and oxygen atoms in total. The van der Waals surface area contributed by atoms with Gasteiger partial charge in [0.15, 0.2) is 11.0 Å². The van der Waals surface area contributed by atoms with Gasteiger partial charge in [-0.15, -0.1) is 21.5 Å². The summed E-state index contributed by atoms with van der Waals surface area (Å²) in [5.74, 6) is 0.499. The molecule has 2 N–H and O–H groups in total. The molecule has 4 heterocycles. The van der Waals surface area contributed by atoms with Crippen LogP contribution in [0.2, 0.25) is 0 Å². The normalized spacial score (nSPS) is 15.4. The van der Waals surface area contributed by atoms with E-state index in [0.717, 1.165) is 10.7 Å². The molecule has 0 aliphatic carbocycles. The van der Waals surface area contributed by atoms with Crippen LogP contribution in [-0.4, -0.2) is 51.7 Å².